The molecule has 332 valence electrons. The quantitative estimate of drug-likeness (QED) is 0.186. The summed E-state index contributed by atoms with van der Waals surface area (Å²) in [6.07, 6.45) is 3.60. The number of imide groups is 1. The maximum absolute atomic E-state index is 15.1. The Morgan fingerprint density at radius 2 is 1.58 bits per heavy atom. The maximum Gasteiger partial charge on any atom is 0.265 e. The molecule has 65 heavy (non-hydrogen) atoms. The van der Waals surface area contributed by atoms with Crippen LogP contribution in [0, 0.1) is 28.5 Å². The van der Waals surface area contributed by atoms with Crippen LogP contribution in [0.4, 0.5) is 25.8 Å². The summed E-state index contributed by atoms with van der Waals surface area (Å²) in [5.74, 6) is -1.04. The number of rotatable bonds is 9. The number of fused-ring (bicyclic) bond motifs is 2. The lowest BCUT2D eigenvalue weighted by molar-refractivity contribution is -0.136. The van der Waals surface area contributed by atoms with Crippen LogP contribution in [0.15, 0.2) is 83.9 Å². The minimum Gasteiger partial charge on any atom is -0.453 e. The first-order valence-electron chi connectivity index (χ1n) is 22.4. The number of amides is 3. The average molecular weight is 880 g/mol. The van der Waals surface area contributed by atoms with Gasteiger partial charge >= 0.3 is 0 Å². The second kappa shape index (κ2) is 16.0. The largest absolute Gasteiger partial charge is 0.453 e. The van der Waals surface area contributed by atoms with Crippen LogP contribution in [0.3, 0.4) is 0 Å². The van der Waals surface area contributed by atoms with Gasteiger partial charge in [0.15, 0.2) is 11.6 Å². The second-order valence-corrected chi connectivity index (χ2v) is 18.6. The van der Waals surface area contributed by atoms with E-state index in [4.69, 9.17) is 4.74 Å². The lowest BCUT2D eigenvalue weighted by Gasteiger charge is -2.61. The molecule has 6 aliphatic rings. The van der Waals surface area contributed by atoms with Crippen LogP contribution < -0.4 is 30.3 Å². The second-order valence-electron chi connectivity index (χ2n) is 18.6. The van der Waals surface area contributed by atoms with E-state index in [1.54, 1.807) is 21.9 Å². The smallest absolute Gasteiger partial charge is 0.265 e. The molecule has 5 saturated heterocycles. The number of carbonyl (C=O) groups excluding carboxylic acids is 3. The van der Waals surface area contributed by atoms with Gasteiger partial charge in [-0.2, -0.15) is 5.26 Å². The number of ether oxygens (including phenoxy) is 1. The van der Waals surface area contributed by atoms with E-state index in [-0.39, 0.29) is 52.8 Å². The van der Waals surface area contributed by atoms with Gasteiger partial charge in [-0.1, -0.05) is 0 Å². The zero-order valence-corrected chi connectivity index (χ0v) is 35.7. The van der Waals surface area contributed by atoms with E-state index in [1.807, 2.05) is 42.5 Å². The van der Waals surface area contributed by atoms with Crippen LogP contribution in [0.1, 0.15) is 53.6 Å². The van der Waals surface area contributed by atoms with Crippen molar-refractivity contribution in [3.05, 3.63) is 112 Å². The zero-order valence-electron chi connectivity index (χ0n) is 35.7. The minimum absolute atomic E-state index is 0.0302. The summed E-state index contributed by atoms with van der Waals surface area (Å²) in [6.45, 7) is 8.05. The fourth-order valence-electron chi connectivity index (χ4n) is 10.9. The number of benzene rings is 4. The molecule has 3 amide bonds. The highest BCUT2D eigenvalue weighted by Gasteiger charge is 2.52. The van der Waals surface area contributed by atoms with Crippen LogP contribution in [0.2, 0.25) is 0 Å². The summed E-state index contributed by atoms with van der Waals surface area (Å²) in [4.78, 5) is 66.3. The topological polar surface area (TPSA) is 147 Å². The number of hydrogen-bond donors (Lipinski definition) is 1. The first kappa shape index (κ1) is 40.9. The summed E-state index contributed by atoms with van der Waals surface area (Å²) >= 11 is 0. The molecule has 11 rings (SSSR count). The summed E-state index contributed by atoms with van der Waals surface area (Å²) < 4.78 is 36.5. The van der Waals surface area contributed by atoms with E-state index in [1.165, 1.54) is 29.1 Å². The molecule has 1 aromatic heterocycles. The number of halogens is 2. The number of likely N-dealkylation sites (tertiary alicyclic amines) is 1. The van der Waals surface area contributed by atoms with Crippen LogP contribution in [0.5, 0.6) is 11.5 Å². The Bertz CT molecular complexity index is 2860. The predicted octanol–water partition coefficient (Wildman–Crippen LogP) is 5.54. The van der Waals surface area contributed by atoms with Crippen molar-refractivity contribution in [1.29, 1.82) is 5.26 Å². The van der Waals surface area contributed by atoms with Gasteiger partial charge in [-0.25, -0.2) is 13.8 Å². The number of nitriles is 1. The molecule has 5 fully saturated rings. The van der Waals surface area contributed by atoms with Crippen molar-refractivity contribution in [3.63, 3.8) is 0 Å². The predicted molar refractivity (Wildman–Crippen MR) is 239 cm³/mol. The lowest BCUT2D eigenvalue weighted by Crippen LogP contribution is -2.72. The molecule has 0 bridgehead atoms. The Balaban J connectivity index is 0.672. The van der Waals surface area contributed by atoms with Gasteiger partial charge in [0.1, 0.15) is 35.9 Å². The maximum atomic E-state index is 15.1. The highest BCUT2D eigenvalue weighted by atomic mass is 19.1. The molecule has 1 unspecified atom stereocenters. The summed E-state index contributed by atoms with van der Waals surface area (Å²) in [7, 11) is 0. The monoisotopic (exact) mass is 879 g/mol. The number of carbonyl (C=O) groups is 3. The van der Waals surface area contributed by atoms with Crippen LogP contribution in [0.25, 0.3) is 16.6 Å². The highest BCUT2D eigenvalue weighted by molar-refractivity contribution is 6.05. The van der Waals surface area contributed by atoms with Gasteiger partial charge in [-0.15, -0.1) is 0 Å². The van der Waals surface area contributed by atoms with E-state index in [0.717, 1.165) is 75.6 Å². The Kier molecular flexibility index (Phi) is 10.1. The van der Waals surface area contributed by atoms with E-state index in [9.17, 15) is 28.8 Å². The van der Waals surface area contributed by atoms with Crippen molar-refractivity contribution in [2.45, 2.75) is 50.9 Å². The first-order valence-corrected chi connectivity index (χ1v) is 22.4. The normalized spacial score (nSPS) is 22.0. The molecule has 2 atom stereocenters. The number of aromatic nitrogens is 2. The summed E-state index contributed by atoms with van der Waals surface area (Å²) in [5, 5.41) is 12.6. The molecular weight excluding hydrogens is 833 g/mol. The molecule has 4 aromatic carbocycles. The fourth-order valence-corrected chi connectivity index (χ4v) is 10.9. The third-order valence-electron chi connectivity index (χ3n) is 14.3. The minimum atomic E-state index is -1.02. The number of alkyl halides is 1. The number of piperidine rings is 2. The van der Waals surface area contributed by atoms with E-state index in [2.05, 4.69) is 31.1 Å². The van der Waals surface area contributed by atoms with Gasteiger partial charge in [0.2, 0.25) is 11.8 Å². The van der Waals surface area contributed by atoms with Crippen molar-refractivity contribution in [2.75, 3.05) is 73.6 Å². The molecule has 0 saturated carbocycles. The van der Waals surface area contributed by atoms with Crippen molar-refractivity contribution >= 4 is 45.7 Å². The molecule has 14 nitrogen and oxygen atoms in total. The molecule has 0 radical (unpaired) electrons. The molecule has 6 aliphatic heterocycles. The van der Waals surface area contributed by atoms with Crippen molar-refractivity contribution in [3.8, 4) is 23.3 Å². The Morgan fingerprint density at radius 1 is 0.831 bits per heavy atom. The van der Waals surface area contributed by atoms with Crippen molar-refractivity contribution in [1.82, 2.24) is 24.7 Å². The summed E-state index contributed by atoms with van der Waals surface area (Å²) in [5.41, 5.74) is 5.23. The van der Waals surface area contributed by atoms with E-state index >= 15 is 4.39 Å². The van der Waals surface area contributed by atoms with Crippen LogP contribution in [-0.2, 0) is 16.1 Å². The third kappa shape index (κ3) is 7.41. The number of nitrogens with one attached hydrogen (secondary N) is 1. The zero-order chi connectivity index (χ0) is 44.6. The SMILES string of the molecule is N#Cc1c(N2CC[C@@H](F)C2)ccc(F)c1Oc1ccc2ncn(-c3ccc(N4CC5(CN(CC6CCN(c7ccc8c(c7)CN(C7CCC(=O)NC7=O)C8=O)CC6)C5)C4)cc3)c(=O)c2c1. The fraction of sp³-hybridized carbons (Fsp3) is 0.388. The molecule has 0 aliphatic carbocycles. The van der Waals surface area contributed by atoms with Crippen LogP contribution >= 0.6 is 0 Å². The van der Waals surface area contributed by atoms with E-state index in [0.29, 0.717) is 59.7 Å². The van der Waals surface area contributed by atoms with Crippen LogP contribution in [-0.4, -0.2) is 108 Å². The average Bonchev–Trinajstić information content (AvgIpc) is 3.87. The van der Waals surface area contributed by atoms with Gasteiger partial charge in [-0.3, -0.25) is 29.1 Å². The molecule has 5 aromatic rings. The standard InChI is InChI=1S/C49H47F2N9O5/c50-32-15-18-57(24-32)42-10-8-40(51)45(39(42)21-52)65-36-6-9-41-38(20-36)48(64)60(29-53-41)34-3-1-33(2-4-34)58-27-49(28-58)25-55(26-49)22-30-13-16-56(17-14-30)35-5-7-37-31(19-35)23-59(47(37)63)43-11-12-44(61)54-46(43)62/h1-10,19-20,29-30,32,43H,11-18,22-28H2,(H,54,61,62)/t32-,43?/m1/s1. The number of hydrogen-bond acceptors (Lipinski definition) is 11. The third-order valence-corrected chi connectivity index (χ3v) is 14.3. The van der Waals surface area contributed by atoms with E-state index < -0.39 is 23.9 Å². The Labute approximate surface area is 373 Å². The molecular formula is C49H47F2N9O5. The molecule has 1 N–H and O–H groups in total. The molecule has 7 heterocycles. The van der Waals surface area contributed by atoms with Gasteiger partial charge in [0.05, 0.1) is 22.3 Å². The van der Waals surface area contributed by atoms with Gasteiger partial charge in [-0.05, 0) is 110 Å². The van der Waals surface area contributed by atoms with Gasteiger partial charge in [0.25, 0.3) is 11.5 Å². The first-order chi connectivity index (χ1) is 31.5. The number of nitrogens with zero attached hydrogens (tertiary/aromatic N) is 8. The highest BCUT2D eigenvalue weighted by Crippen LogP contribution is 2.43. The lowest BCUT2D eigenvalue weighted by atomic mass is 9.72. The Hall–Kier alpha value is -6.86. The molecule has 1 spiro atoms. The van der Waals surface area contributed by atoms with Gasteiger partial charge < -0.3 is 29.2 Å². The number of anilines is 3. The van der Waals surface area contributed by atoms with Gasteiger partial charge in [0, 0.05) is 94.2 Å². The Morgan fingerprint density at radius 3 is 2.32 bits per heavy atom. The summed E-state index contributed by atoms with van der Waals surface area (Å²) in [6, 6.07) is 22.7. The van der Waals surface area contributed by atoms with Crippen molar-refractivity contribution < 1.29 is 27.9 Å². The molecule has 16 heteroatoms. The van der Waals surface area contributed by atoms with Crippen molar-refractivity contribution in [2.24, 2.45) is 11.3 Å².